The molecule has 1 aliphatic carbocycles. The summed E-state index contributed by atoms with van der Waals surface area (Å²) >= 11 is 0. The molecule has 0 saturated heterocycles. The zero-order valence-electron chi connectivity index (χ0n) is 9.02. The summed E-state index contributed by atoms with van der Waals surface area (Å²) in [7, 11) is 1.56. The number of hydrogen-bond donors (Lipinski definition) is 2. The first-order valence-corrected chi connectivity index (χ1v) is 5.14. The quantitative estimate of drug-likeness (QED) is 0.526. The molecule has 0 atom stereocenters. The van der Waals surface area contributed by atoms with Crippen LogP contribution in [0.5, 0.6) is 0 Å². The highest BCUT2D eigenvalue weighted by Crippen LogP contribution is 2.37. The van der Waals surface area contributed by atoms with Crippen molar-refractivity contribution in [1.29, 1.82) is 0 Å². The Hall–Kier alpha value is -1.47. The van der Waals surface area contributed by atoms with Crippen molar-refractivity contribution in [3.63, 3.8) is 0 Å². The second kappa shape index (κ2) is 5.04. The number of carbonyl (C=O) groups is 1. The number of nitrogens with one attached hydrogen (secondary N) is 2. The van der Waals surface area contributed by atoms with Crippen molar-refractivity contribution in [3.8, 4) is 0 Å². The van der Waals surface area contributed by atoms with Crippen LogP contribution in [-0.2, 0) is 9.57 Å². The lowest BCUT2D eigenvalue weighted by molar-refractivity contribution is 0.00826. The fourth-order valence-corrected chi connectivity index (χ4v) is 1.20. The number of methoxy groups -OCH3 is 1. The smallest absolute Gasteiger partial charge is 0.314 e. The van der Waals surface area contributed by atoms with Crippen molar-refractivity contribution in [2.75, 3.05) is 20.3 Å². The number of nitrogens with zero attached hydrogens (tertiary/aromatic N) is 2. The van der Waals surface area contributed by atoms with Gasteiger partial charge in [0.05, 0.1) is 13.2 Å². The van der Waals surface area contributed by atoms with Gasteiger partial charge in [0.15, 0.2) is 0 Å². The highest BCUT2D eigenvalue weighted by Gasteiger charge is 2.28. The third-order valence-electron chi connectivity index (χ3n) is 2.22. The second-order valence-corrected chi connectivity index (χ2v) is 3.59. The van der Waals surface area contributed by atoms with E-state index >= 15 is 0 Å². The molecular formula is C9H14N4O3. The van der Waals surface area contributed by atoms with Crippen LogP contribution in [0.2, 0.25) is 0 Å². The van der Waals surface area contributed by atoms with E-state index in [2.05, 4.69) is 20.7 Å². The van der Waals surface area contributed by atoms with Gasteiger partial charge in [-0.25, -0.2) is 10.5 Å². The fourth-order valence-electron chi connectivity index (χ4n) is 1.20. The van der Waals surface area contributed by atoms with Crippen LogP contribution in [0.3, 0.4) is 0 Å². The van der Waals surface area contributed by atoms with Crippen LogP contribution in [0, 0.1) is 0 Å². The molecule has 1 aromatic rings. The number of ether oxygens (including phenoxy) is 1. The van der Waals surface area contributed by atoms with Crippen LogP contribution >= 0.6 is 0 Å². The van der Waals surface area contributed by atoms with Gasteiger partial charge in [0.25, 0.3) is 0 Å². The lowest BCUT2D eigenvalue weighted by Gasteiger charge is -2.01. The molecule has 0 spiro atoms. The molecule has 7 heteroatoms. The minimum Gasteiger partial charge on any atom is -0.382 e. The standard InChI is InChI=1S/C9H14N4O3/c1-15-4-5-16-13-9(14)8-10-7(11-12-8)6-2-3-6/h6H,2-5H2,1H3,(H,13,14)(H,10,11,12). The Kier molecular flexibility index (Phi) is 3.47. The maximum atomic E-state index is 11.4. The molecule has 1 aliphatic rings. The van der Waals surface area contributed by atoms with Gasteiger partial charge < -0.3 is 4.74 Å². The van der Waals surface area contributed by atoms with Crippen LogP contribution in [0.4, 0.5) is 0 Å². The molecule has 1 aromatic heterocycles. The van der Waals surface area contributed by atoms with Crippen molar-refractivity contribution in [2.24, 2.45) is 0 Å². The Labute approximate surface area is 92.5 Å². The first-order chi connectivity index (χ1) is 7.81. The summed E-state index contributed by atoms with van der Waals surface area (Å²) in [6, 6.07) is 0. The molecule has 1 heterocycles. The van der Waals surface area contributed by atoms with Crippen LogP contribution in [0.1, 0.15) is 35.2 Å². The van der Waals surface area contributed by atoms with Gasteiger partial charge in [0.1, 0.15) is 5.82 Å². The van der Waals surface area contributed by atoms with Gasteiger partial charge in [-0.05, 0) is 12.8 Å². The number of hydroxylamine groups is 1. The molecule has 1 fully saturated rings. The van der Waals surface area contributed by atoms with Gasteiger partial charge >= 0.3 is 5.91 Å². The van der Waals surface area contributed by atoms with E-state index in [4.69, 9.17) is 9.57 Å². The van der Waals surface area contributed by atoms with Gasteiger partial charge in [0, 0.05) is 13.0 Å². The van der Waals surface area contributed by atoms with Crippen molar-refractivity contribution in [2.45, 2.75) is 18.8 Å². The summed E-state index contributed by atoms with van der Waals surface area (Å²) in [5.74, 6) is 0.893. The van der Waals surface area contributed by atoms with Crippen molar-refractivity contribution in [1.82, 2.24) is 20.7 Å². The van der Waals surface area contributed by atoms with Gasteiger partial charge in [-0.15, -0.1) is 5.10 Å². The molecule has 88 valence electrons. The number of rotatable bonds is 6. The number of H-pyrrole nitrogens is 1. The van der Waals surface area contributed by atoms with E-state index in [-0.39, 0.29) is 5.82 Å². The molecule has 2 rings (SSSR count). The lowest BCUT2D eigenvalue weighted by Crippen LogP contribution is -2.26. The Morgan fingerprint density at radius 1 is 1.56 bits per heavy atom. The molecule has 0 bridgehead atoms. The first-order valence-electron chi connectivity index (χ1n) is 5.14. The second-order valence-electron chi connectivity index (χ2n) is 3.59. The van der Waals surface area contributed by atoms with E-state index in [0.29, 0.717) is 19.1 Å². The molecule has 1 amide bonds. The summed E-state index contributed by atoms with van der Waals surface area (Å²) in [4.78, 5) is 20.4. The van der Waals surface area contributed by atoms with Crippen LogP contribution in [0.15, 0.2) is 0 Å². The SMILES string of the molecule is COCCONC(=O)c1n[nH]c(C2CC2)n1. The van der Waals surface area contributed by atoms with Crippen LogP contribution < -0.4 is 5.48 Å². The maximum Gasteiger partial charge on any atom is 0.314 e. The van der Waals surface area contributed by atoms with Crippen molar-refractivity contribution < 1.29 is 14.4 Å². The largest absolute Gasteiger partial charge is 0.382 e. The number of carbonyl (C=O) groups excluding carboxylic acids is 1. The molecular weight excluding hydrogens is 212 g/mol. The topological polar surface area (TPSA) is 89.1 Å². The average Bonchev–Trinajstić information content (AvgIpc) is 3.02. The summed E-state index contributed by atoms with van der Waals surface area (Å²) in [6.45, 7) is 0.712. The highest BCUT2D eigenvalue weighted by atomic mass is 16.7. The van der Waals surface area contributed by atoms with E-state index in [1.165, 1.54) is 0 Å². The fraction of sp³-hybridized carbons (Fsp3) is 0.667. The predicted molar refractivity (Wildman–Crippen MR) is 53.7 cm³/mol. The van der Waals surface area contributed by atoms with E-state index in [1.807, 2.05) is 0 Å². The summed E-state index contributed by atoms with van der Waals surface area (Å²) in [5, 5.41) is 6.56. The maximum absolute atomic E-state index is 11.4. The lowest BCUT2D eigenvalue weighted by atomic mass is 10.4. The summed E-state index contributed by atoms with van der Waals surface area (Å²) < 4.78 is 4.76. The number of amides is 1. The first kappa shape index (κ1) is 11.0. The number of hydrogen-bond acceptors (Lipinski definition) is 5. The van der Waals surface area contributed by atoms with Crippen molar-refractivity contribution in [3.05, 3.63) is 11.6 Å². The molecule has 0 radical (unpaired) electrons. The summed E-state index contributed by atoms with van der Waals surface area (Å²) in [5.41, 5.74) is 2.24. The zero-order valence-corrected chi connectivity index (χ0v) is 9.02. The van der Waals surface area contributed by atoms with Gasteiger partial charge in [0.2, 0.25) is 5.82 Å². The Balaban J connectivity index is 1.78. The number of aromatic amines is 1. The molecule has 7 nitrogen and oxygen atoms in total. The predicted octanol–water partition coefficient (Wildman–Crippen LogP) is -0.0101. The third-order valence-corrected chi connectivity index (χ3v) is 2.22. The highest BCUT2D eigenvalue weighted by molar-refractivity contribution is 5.89. The van der Waals surface area contributed by atoms with Gasteiger partial charge in [-0.3, -0.25) is 14.7 Å². The molecule has 2 N–H and O–H groups in total. The van der Waals surface area contributed by atoms with E-state index in [0.717, 1.165) is 18.7 Å². The van der Waals surface area contributed by atoms with Crippen molar-refractivity contribution >= 4 is 5.91 Å². The zero-order chi connectivity index (χ0) is 11.4. The molecule has 0 aliphatic heterocycles. The third kappa shape index (κ3) is 2.77. The molecule has 0 unspecified atom stereocenters. The Morgan fingerprint density at radius 3 is 3.06 bits per heavy atom. The summed E-state index contributed by atoms with van der Waals surface area (Å²) in [6.07, 6.45) is 2.22. The molecule has 1 saturated carbocycles. The Morgan fingerprint density at radius 2 is 2.38 bits per heavy atom. The molecule has 16 heavy (non-hydrogen) atoms. The average molecular weight is 226 g/mol. The molecule has 0 aromatic carbocycles. The van der Waals surface area contributed by atoms with E-state index < -0.39 is 5.91 Å². The minimum absolute atomic E-state index is 0.110. The monoisotopic (exact) mass is 226 g/mol. The van der Waals surface area contributed by atoms with Gasteiger partial charge in [-0.2, -0.15) is 0 Å². The normalized spacial score (nSPS) is 15.1. The van der Waals surface area contributed by atoms with E-state index in [1.54, 1.807) is 7.11 Å². The minimum atomic E-state index is -0.445. The van der Waals surface area contributed by atoms with Gasteiger partial charge in [-0.1, -0.05) is 0 Å². The van der Waals surface area contributed by atoms with Crippen LogP contribution in [-0.4, -0.2) is 41.4 Å². The van der Waals surface area contributed by atoms with E-state index in [9.17, 15) is 4.79 Å². The Bertz CT molecular complexity index is 361. The number of aromatic nitrogens is 3. The van der Waals surface area contributed by atoms with Crippen LogP contribution in [0.25, 0.3) is 0 Å².